The van der Waals surface area contributed by atoms with E-state index in [2.05, 4.69) is 5.10 Å². The molecule has 0 radical (unpaired) electrons. The third kappa shape index (κ3) is 2.99. The van der Waals surface area contributed by atoms with Crippen LogP contribution in [0.25, 0.3) is 0 Å². The van der Waals surface area contributed by atoms with E-state index < -0.39 is 5.97 Å². The van der Waals surface area contributed by atoms with Gasteiger partial charge in [-0.1, -0.05) is 0 Å². The molecule has 7 nitrogen and oxygen atoms in total. The first-order chi connectivity index (χ1) is 8.51. The second-order valence-electron chi connectivity index (χ2n) is 3.70. The van der Waals surface area contributed by atoms with Crippen molar-refractivity contribution in [3.05, 3.63) is 11.9 Å². The van der Waals surface area contributed by atoms with E-state index in [1.165, 1.54) is 15.8 Å². The standard InChI is InChI=1S/C11H18N4O3/c1-4-15(7-9(16)18-5-2)11(17)10-8(12)6-13-14(10)3/h6H,4-5,7,12H2,1-3H3. The first-order valence-electron chi connectivity index (χ1n) is 5.73. The minimum atomic E-state index is -0.437. The fraction of sp³-hybridized carbons (Fsp3) is 0.545. The summed E-state index contributed by atoms with van der Waals surface area (Å²) in [5.74, 6) is -0.767. The number of nitrogens with two attached hydrogens (primary N) is 1. The van der Waals surface area contributed by atoms with Gasteiger partial charge in [0.2, 0.25) is 0 Å². The van der Waals surface area contributed by atoms with Crippen LogP contribution in [0.15, 0.2) is 6.20 Å². The quantitative estimate of drug-likeness (QED) is 0.748. The number of aromatic nitrogens is 2. The van der Waals surface area contributed by atoms with Crippen molar-refractivity contribution in [2.45, 2.75) is 13.8 Å². The Kier molecular flexibility index (Phi) is 4.70. The van der Waals surface area contributed by atoms with Crippen molar-refractivity contribution in [1.82, 2.24) is 14.7 Å². The second-order valence-corrected chi connectivity index (χ2v) is 3.70. The second kappa shape index (κ2) is 6.04. The topological polar surface area (TPSA) is 90.4 Å². The lowest BCUT2D eigenvalue weighted by molar-refractivity contribution is -0.143. The van der Waals surface area contributed by atoms with Gasteiger partial charge in [-0.25, -0.2) is 0 Å². The Hall–Kier alpha value is -2.05. The lowest BCUT2D eigenvalue weighted by atomic mass is 10.3. The maximum Gasteiger partial charge on any atom is 0.325 e. The molecule has 0 saturated heterocycles. The summed E-state index contributed by atoms with van der Waals surface area (Å²) in [4.78, 5) is 24.9. The van der Waals surface area contributed by atoms with E-state index in [-0.39, 0.29) is 18.1 Å². The molecule has 18 heavy (non-hydrogen) atoms. The summed E-state index contributed by atoms with van der Waals surface area (Å²) in [6.45, 7) is 4.09. The molecule has 0 aliphatic heterocycles. The Morgan fingerprint density at radius 2 is 2.17 bits per heavy atom. The van der Waals surface area contributed by atoms with Crippen molar-refractivity contribution in [2.24, 2.45) is 7.05 Å². The number of nitrogens with zero attached hydrogens (tertiary/aromatic N) is 3. The van der Waals surface area contributed by atoms with Crippen LogP contribution in [0.5, 0.6) is 0 Å². The number of ether oxygens (including phenoxy) is 1. The number of esters is 1. The normalized spacial score (nSPS) is 10.2. The molecular formula is C11H18N4O3. The number of carbonyl (C=O) groups is 2. The maximum atomic E-state index is 12.2. The van der Waals surface area contributed by atoms with Gasteiger partial charge in [-0.3, -0.25) is 14.3 Å². The summed E-state index contributed by atoms with van der Waals surface area (Å²) in [5.41, 5.74) is 6.25. The molecule has 0 saturated carbocycles. The van der Waals surface area contributed by atoms with Crippen molar-refractivity contribution < 1.29 is 14.3 Å². The molecule has 1 aromatic rings. The highest BCUT2D eigenvalue weighted by atomic mass is 16.5. The molecule has 0 unspecified atom stereocenters. The van der Waals surface area contributed by atoms with E-state index in [4.69, 9.17) is 10.5 Å². The molecule has 0 aliphatic rings. The molecule has 1 rings (SSSR count). The molecule has 1 aromatic heterocycles. The number of amides is 1. The average Bonchev–Trinajstić information content (AvgIpc) is 2.65. The largest absolute Gasteiger partial charge is 0.465 e. The molecule has 0 aliphatic carbocycles. The Labute approximate surface area is 105 Å². The van der Waals surface area contributed by atoms with Crippen LogP contribution in [-0.2, 0) is 16.6 Å². The lowest BCUT2D eigenvalue weighted by Crippen LogP contribution is -2.37. The third-order valence-electron chi connectivity index (χ3n) is 2.46. The van der Waals surface area contributed by atoms with Crippen LogP contribution in [0.4, 0.5) is 5.69 Å². The molecule has 1 amide bonds. The molecule has 1 heterocycles. The van der Waals surface area contributed by atoms with Crippen LogP contribution in [0.3, 0.4) is 0 Å². The van der Waals surface area contributed by atoms with Gasteiger partial charge in [0.05, 0.1) is 18.5 Å². The van der Waals surface area contributed by atoms with Crippen molar-refractivity contribution in [3.63, 3.8) is 0 Å². The molecule has 0 spiro atoms. The first kappa shape index (κ1) is 14.0. The highest BCUT2D eigenvalue weighted by Gasteiger charge is 2.22. The van der Waals surface area contributed by atoms with Gasteiger partial charge in [0, 0.05) is 13.6 Å². The highest BCUT2D eigenvalue weighted by Crippen LogP contribution is 2.12. The molecular weight excluding hydrogens is 236 g/mol. The van der Waals surface area contributed by atoms with Gasteiger partial charge < -0.3 is 15.4 Å². The number of aryl methyl sites for hydroxylation is 1. The van der Waals surface area contributed by atoms with E-state index in [1.807, 2.05) is 0 Å². The van der Waals surface area contributed by atoms with Crippen molar-refractivity contribution in [3.8, 4) is 0 Å². The van der Waals surface area contributed by atoms with Crippen LogP contribution in [0.2, 0.25) is 0 Å². The SMILES string of the molecule is CCOC(=O)CN(CC)C(=O)c1c(N)cnn1C. The number of hydrogen-bond acceptors (Lipinski definition) is 5. The predicted molar refractivity (Wildman–Crippen MR) is 65.8 cm³/mol. The molecule has 0 fully saturated rings. The maximum absolute atomic E-state index is 12.2. The Balaban J connectivity index is 2.83. The van der Waals surface area contributed by atoms with Gasteiger partial charge in [-0.15, -0.1) is 0 Å². The fourth-order valence-electron chi connectivity index (χ4n) is 1.56. The van der Waals surface area contributed by atoms with Crippen LogP contribution >= 0.6 is 0 Å². The number of nitrogen functional groups attached to an aromatic ring is 1. The Bertz CT molecular complexity index is 422. The summed E-state index contributed by atoms with van der Waals surface area (Å²) < 4.78 is 6.21. The average molecular weight is 254 g/mol. The summed E-state index contributed by atoms with van der Waals surface area (Å²) in [7, 11) is 1.63. The zero-order valence-electron chi connectivity index (χ0n) is 10.8. The summed E-state index contributed by atoms with van der Waals surface area (Å²) in [5, 5.41) is 3.90. The van der Waals surface area contributed by atoms with Gasteiger partial charge in [-0.2, -0.15) is 5.10 Å². The van der Waals surface area contributed by atoms with E-state index >= 15 is 0 Å². The van der Waals surface area contributed by atoms with E-state index in [9.17, 15) is 9.59 Å². The minimum absolute atomic E-state index is 0.0895. The molecule has 0 atom stereocenters. The van der Waals surface area contributed by atoms with E-state index in [0.29, 0.717) is 18.8 Å². The number of anilines is 1. The minimum Gasteiger partial charge on any atom is -0.465 e. The molecule has 0 bridgehead atoms. The van der Waals surface area contributed by atoms with E-state index in [1.54, 1.807) is 20.9 Å². The highest BCUT2D eigenvalue weighted by molar-refractivity contribution is 5.98. The summed E-state index contributed by atoms with van der Waals surface area (Å²) >= 11 is 0. The molecule has 7 heteroatoms. The van der Waals surface area contributed by atoms with Crippen LogP contribution in [-0.4, -0.2) is 46.3 Å². The lowest BCUT2D eigenvalue weighted by Gasteiger charge is -2.19. The number of carbonyl (C=O) groups excluding carboxylic acids is 2. The smallest absolute Gasteiger partial charge is 0.325 e. The van der Waals surface area contributed by atoms with Gasteiger partial charge >= 0.3 is 5.97 Å². The first-order valence-corrected chi connectivity index (χ1v) is 5.73. The Morgan fingerprint density at radius 1 is 1.50 bits per heavy atom. The van der Waals surface area contributed by atoms with Gasteiger partial charge in [0.25, 0.3) is 5.91 Å². The van der Waals surface area contributed by atoms with Crippen LogP contribution < -0.4 is 5.73 Å². The fourth-order valence-corrected chi connectivity index (χ4v) is 1.56. The van der Waals surface area contributed by atoms with Crippen molar-refractivity contribution >= 4 is 17.6 Å². The molecule has 2 N–H and O–H groups in total. The van der Waals surface area contributed by atoms with Crippen LogP contribution in [0, 0.1) is 0 Å². The van der Waals surface area contributed by atoms with Gasteiger partial charge in [-0.05, 0) is 13.8 Å². The van der Waals surface area contributed by atoms with Gasteiger partial charge in [0.15, 0.2) is 0 Å². The molecule has 100 valence electrons. The third-order valence-corrected chi connectivity index (χ3v) is 2.46. The van der Waals surface area contributed by atoms with Crippen molar-refractivity contribution in [2.75, 3.05) is 25.4 Å². The zero-order chi connectivity index (χ0) is 13.7. The summed E-state index contributed by atoms with van der Waals surface area (Å²) in [6.07, 6.45) is 1.41. The Morgan fingerprint density at radius 3 is 2.61 bits per heavy atom. The number of hydrogen-bond donors (Lipinski definition) is 1. The van der Waals surface area contributed by atoms with Gasteiger partial charge in [0.1, 0.15) is 12.2 Å². The van der Waals surface area contributed by atoms with Crippen molar-refractivity contribution in [1.29, 1.82) is 0 Å². The number of likely N-dealkylation sites (N-methyl/N-ethyl adjacent to an activating group) is 1. The predicted octanol–water partition coefficient (Wildman–Crippen LogP) is 0.0275. The number of rotatable bonds is 5. The van der Waals surface area contributed by atoms with E-state index in [0.717, 1.165) is 0 Å². The zero-order valence-corrected chi connectivity index (χ0v) is 10.8. The monoisotopic (exact) mass is 254 g/mol. The van der Waals surface area contributed by atoms with Crippen LogP contribution in [0.1, 0.15) is 24.3 Å². The summed E-state index contributed by atoms with van der Waals surface area (Å²) in [6, 6.07) is 0. The molecule has 0 aromatic carbocycles.